The van der Waals surface area contributed by atoms with Crippen LogP contribution in [0.2, 0.25) is 0 Å². The number of nitrogens with two attached hydrogens (primary N) is 1. The van der Waals surface area contributed by atoms with Gasteiger partial charge in [0.25, 0.3) is 0 Å². The summed E-state index contributed by atoms with van der Waals surface area (Å²) in [4.78, 5) is 16.4. The third-order valence-electron chi connectivity index (χ3n) is 3.95. The van der Waals surface area contributed by atoms with Crippen LogP contribution in [0.3, 0.4) is 0 Å². The lowest BCUT2D eigenvalue weighted by molar-refractivity contribution is 0.0476. The van der Waals surface area contributed by atoms with Crippen molar-refractivity contribution >= 4 is 11.8 Å². The number of carbonyl (C=O) groups is 1. The molecule has 1 aromatic rings. The first kappa shape index (κ1) is 11.5. The van der Waals surface area contributed by atoms with E-state index in [-0.39, 0.29) is 5.97 Å². The number of hydrogen-bond acceptors (Lipinski definition) is 4. The average Bonchev–Trinajstić information content (AvgIpc) is 2.39. The number of carbonyl (C=O) groups excluding carboxylic acids is 1. The number of pyridine rings is 1. The van der Waals surface area contributed by atoms with Crippen LogP contribution in [0.4, 0.5) is 5.82 Å². The van der Waals surface area contributed by atoms with E-state index in [1.54, 1.807) is 0 Å². The van der Waals surface area contributed by atoms with Crippen LogP contribution in [-0.2, 0) is 11.2 Å². The van der Waals surface area contributed by atoms with E-state index in [1.807, 2.05) is 6.07 Å². The van der Waals surface area contributed by atoms with E-state index in [0.717, 1.165) is 30.5 Å². The number of nitrogen functional groups attached to an aromatic ring is 1. The Morgan fingerprint density at radius 2 is 2.06 bits per heavy atom. The van der Waals surface area contributed by atoms with Gasteiger partial charge in [-0.2, -0.15) is 0 Å². The van der Waals surface area contributed by atoms with E-state index >= 15 is 0 Å². The number of anilines is 1. The summed E-state index contributed by atoms with van der Waals surface area (Å²) in [6.45, 7) is 0.458. The Morgan fingerprint density at radius 1 is 1.28 bits per heavy atom. The molecule has 1 aromatic heterocycles. The monoisotopic (exact) mass is 246 g/mol. The zero-order chi connectivity index (χ0) is 12.5. The standard InChI is InChI=1S/C14H18N2O2/c15-11-8-10-6-7-18-14(17)12(10)13(16-11)9-4-2-1-3-5-9/h8-9H,1-7H2,(H2,15,16). The lowest BCUT2D eigenvalue weighted by Crippen LogP contribution is -2.23. The van der Waals surface area contributed by atoms with Gasteiger partial charge in [0.2, 0.25) is 0 Å². The molecule has 96 valence electrons. The molecule has 4 nitrogen and oxygen atoms in total. The molecule has 1 fully saturated rings. The second kappa shape index (κ2) is 4.59. The Hall–Kier alpha value is -1.58. The fourth-order valence-electron chi connectivity index (χ4n) is 3.07. The highest BCUT2D eigenvalue weighted by molar-refractivity contribution is 5.93. The predicted molar refractivity (Wildman–Crippen MR) is 68.5 cm³/mol. The van der Waals surface area contributed by atoms with E-state index in [2.05, 4.69) is 4.98 Å². The number of rotatable bonds is 1. The number of esters is 1. The third kappa shape index (κ3) is 1.96. The van der Waals surface area contributed by atoms with Gasteiger partial charge < -0.3 is 10.5 Å². The Kier molecular flexibility index (Phi) is 2.94. The second-order valence-corrected chi connectivity index (χ2v) is 5.19. The van der Waals surface area contributed by atoms with Crippen molar-refractivity contribution in [2.24, 2.45) is 0 Å². The maximum absolute atomic E-state index is 12.0. The van der Waals surface area contributed by atoms with E-state index in [9.17, 15) is 4.79 Å². The van der Waals surface area contributed by atoms with E-state index in [0.29, 0.717) is 23.9 Å². The minimum absolute atomic E-state index is 0.218. The molecule has 2 heterocycles. The first-order valence-corrected chi connectivity index (χ1v) is 6.72. The third-order valence-corrected chi connectivity index (χ3v) is 3.95. The van der Waals surface area contributed by atoms with Gasteiger partial charge in [-0.1, -0.05) is 19.3 Å². The van der Waals surface area contributed by atoms with Crippen molar-refractivity contribution in [3.8, 4) is 0 Å². The molecule has 18 heavy (non-hydrogen) atoms. The van der Waals surface area contributed by atoms with Crippen LogP contribution in [0.1, 0.15) is 59.6 Å². The molecule has 0 spiro atoms. The molecule has 0 unspecified atom stereocenters. The molecule has 0 bridgehead atoms. The number of hydrogen-bond donors (Lipinski definition) is 1. The largest absolute Gasteiger partial charge is 0.462 e. The molecule has 0 aromatic carbocycles. The summed E-state index contributed by atoms with van der Waals surface area (Å²) in [6.07, 6.45) is 6.68. The Bertz CT molecular complexity index is 479. The van der Waals surface area contributed by atoms with Crippen LogP contribution in [-0.4, -0.2) is 17.6 Å². The summed E-state index contributed by atoms with van der Waals surface area (Å²) in [5.41, 5.74) is 8.47. The van der Waals surface area contributed by atoms with Crippen LogP contribution in [0, 0.1) is 0 Å². The zero-order valence-electron chi connectivity index (χ0n) is 10.4. The molecule has 0 radical (unpaired) electrons. The van der Waals surface area contributed by atoms with Gasteiger partial charge in [0.15, 0.2) is 0 Å². The maximum atomic E-state index is 12.0. The van der Waals surface area contributed by atoms with Crippen molar-refractivity contribution in [2.45, 2.75) is 44.4 Å². The number of aromatic nitrogens is 1. The fourth-order valence-corrected chi connectivity index (χ4v) is 3.07. The SMILES string of the molecule is Nc1cc2c(c(C3CCCCC3)n1)C(=O)OCC2. The number of cyclic esters (lactones) is 1. The smallest absolute Gasteiger partial charge is 0.340 e. The predicted octanol–water partition coefficient (Wildman–Crippen LogP) is 2.42. The van der Waals surface area contributed by atoms with Crippen LogP contribution in [0.5, 0.6) is 0 Å². The van der Waals surface area contributed by atoms with Gasteiger partial charge in [0, 0.05) is 12.3 Å². The lowest BCUT2D eigenvalue weighted by atomic mass is 9.83. The molecule has 2 N–H and O–H groups in total. The van der Waals surface area contributed by atoms with Crippen molar-refractivity contribution in [1.29, 1.82) is 0 Å². The van der Waals surface area contributed by atoms with Gasteiger partial charge in [-0.25, -0.2) is 9.78 Å². The summed E-state index contributed by atoms with van der Waals surface area (Å²) in [5.74, 6) is 0.690. The number of ether oxygens (including phenoxy) is 1. The van der Waals surface area contributed by atoms with E-state index in [4.69, 9.17) is 10.5 Å². The molecule has 1 saturated carbocycles. The molecule has 4 heteroatoms. The highest BCUT2D eigenvalue weighted by Crippen LogP contribution is 2.36. The van der Waals surface area contributed by atoms with Crippen molar-refractivity contribution in [2.75, 3.05) is 12.3 Å². The van der Waals surface area contributed by atoms with Crippen LogP contribution in [0.15, 0.2) is 6.07 Å². The second-order valence-electron chi connectivity index (χ2n) is 5.19. The Morgan fingerprint density at radius 3 is 2.83 bits per heavy atom. The highest BCUT2D eigenvalue weighted by atomic mass is 16.5. The summed E-state index contributed by atoms with van der Waals surface area (Å²) in [6, 6.07) is 1.82. The highest BCUT2D eigenvalue weighted by Gasteiger charge is 2.29. The summed E-state index contributed by atoms with van der Waals surface area (Å²) in [7, 11) is 0. The average molecular weight is 246 g/mol. The van der Waals surface area contributed by atoms with Crippen molar-refractivity contribution in [3.05, 3.63) is 22.9 Å². The van der Waals surface area contributed by atoms with Crippen molar-refractivity contribution in [3.63, 3.8) is 0 Å². The molecular formula is C14H18N2O2. The molecule has 3 rings (SSSR count). The van der Waals surface area contributed by atoms with Gasteiger partial charge in [0.1, 0.15) is 5.82 Å². The Balaban J connectivity index is 2.06. The molecule has 1 aliphatic carbocycles. The topological polar surface area (TPSA) is 65.2 Å². The molecule has 0 atom stereocenters. The van der Waals surface area contributed by atoms with Gasteiger partial charge in [-0.15, -0.1) is 0 Å². The summed E-state index contributed by atoms with van der Waals surface area (Å²) >= 11 is 0. The van der Waals surface area contributed by atoms with Crippen LogP contribution < -0.4 is 5.73 Å². The molecular weight excluding hydrogens is 228 g/mol. The summed E-state index contributed by atoms with van der Waals surface area (Å²) in [5, 5.41) is 0. The van der Waals surface area contributed by atoms with Crippen molar-refractivity contribution in [1.82, 2.24) is 4.98 Å². The minimum atomic E-state index is -0.218. The molecule has 1 aliphatic heterocycles. The van der Waals surface area contributed by atoms with E-state index in [1.165, 1.54) is 19.3 Å². The molecule has 0 saturated heterocycles. The van der Waals surface area contributed by atoms with Crippen LogP contribution in [0.25, 0.3) is 0 Å². The minimum Gasteiger partial charge on any atom is -0.462 e. The zero-order valence-corrected chi connectivity index (χ0v) is 10.4. The van der Waals surface area contributed by atoms with Crippen LogP contribution >= 0.6 is 0 Å². The van der Waals surface area contributed by atoms with Crippen molar-refractivity contribution < 1.29 is 9.53 Å². The first-order chi connectivity index (χ1) is 8.75. The van der Waals surface area contributed by atoms with Gasteiger partial charge >= 0.3 is 5.97 Å². The Labute approximate surface area is 107 Å². The molecule has 0 amide bonds. The number of fused-ring (bicyclic) bond motifs is 1. The molecule has 2 aliphatic rings. The van der Waals surface area contributed by atoms with Gasteiger partial charge in [-0.3, -0.25) is 0 Å². The fraction of sp³-hybridized carbons (Fsp3) is 0.571. The van der Waals surface area contributed by atoms with E-state index < -0.39 is 0 Å². The first-order valence-electron chi connectivity index (χ1n) is 6.72. The normalized spacial score (nSPS) is 20.3. The van der Waals surface area contributed by atoms with Gasteiger partial charge in [0.05, 0.1) is 17.9 Å². The lowest BCUT2D eigenvalue weighted by Gasteiger charge is -2.26. The van der Waals surface area contributed by atoms with Gasteiger partial charge in [-0.05, 0) is 24.5 Å². The number of nitrogens with zero attached hydrogens (tertiary/aromatic N) is 1. The quantitative estimate of drug-likeness (QED) is 0.773. The summed E-state index contributed by atoms with van der Waals surface area (Å²) < 4.78 is 5.16. The maximum Gasteiger partial charge on any atom is 0.340 e.